The van der Waals surface area contributed by atoms with Gasteiger partial charge >= 0.3 is 0 Å². The van der Waals surface area contributed by atoms with Gasteiger partial charge in [-0.3, -0.25) is 4.79 Å². The van der Waals surface area contributed by atoms with Crippen LogP contribution in [0.5, 0.6) is 0 Å². The summed E-state index contributed by atoms with van der Waals surface area (Å²) in [6, 6.07) is 2.03. The van der Waals surface area contributed by atoms with Gasteiger partial charge in [0.15, 0.2) is 0 Å². The van der Waals surface area contributed by atoms with E-state index in [-0.39, 0.29) is 23.3 Å². The number of nitrogens with zero attached hydrogens (tertiary/aromatic N) is 1. The summed E-state index contributed by atoms with van der Waals surface area (Å²) in [4.78, 5) is 12.0. The molecule has 4 heteroatoms. The van der Waals surface area contributed by atoms with Crippen molar-refractivity contribution in [2.24, 2.45) is 17.1 Å². The second-order valence-electron chi connectivity index (χ2n) is 5.67. The topological polar surface area (TPSA) is 78.9 Å². The van der Waals surface area contributed by atoms with E-state index in [0.717, 1.165) is 12.8 Å². The highest BCUT2D eigenvalue weighted by atomic mass is 16.1. The Balaban J connectivity index is 4.40. The van der Waals surface area contributed by atoms with Crippen molar-refractivity contribution < 1.29 is 4.79 Å². The Morgan fingerprint density at radius 3 is 2.41 bits per heavy atom. The van der Waals surface area contributed by atoms with E-state index in [4.69, 9.17) is 11.0 Å². The second-order valence-corrected chi connectivity index (χ2v) is 5.67. The second kappa shape index (κ2) is 7.29. The van der Waals surface area contributed by atoms with Crippen LogP contribution in [0.3, 0.4) is 0 Å². The smallest absolute Gasteiger partial charge is 0.224 e. The molecule has 0 aliphatic carbocycles. The van der Waals surface area contributed by atoms with E-state index in [1.54, 1.807) is 0 Å². The first-order valence-electron chi connectivity index (χ1n) is 6.21. The summed E-state index contributed by atoms with van der Waals surface area (Å²) >= 11 is 0. The third-order valence-electron chi connectivity index (χ3n) is 2.69. The van der Waals surface area contributed by atoms with Crippen molar-refractivity contribution in [2.45, 2.75) is 53.0 Å². The molecule has 4 nitrogen and oxygen atoms in total. The van der Waals surface area contributed by atoms with Crippen molar-refractivity contribution in [1.82, 2.24) is 5.32 Å². The zero-order valence-corrected chi connectivity index (χ0v) is 11.4. The zero-order valence-electron chi connectivity index (χ0n) is 11.4. The highest BCUT2D eigenvalue weighted by Crippen LogP contribution is 2.24. The minimum absolute atomic E-state index is 0.0236. The van der Waals surface area contributed by atoms with E-state index >= 15 is 0 Å². The Kier molecular flexibility index (Phi) is 6.82. The molecule has 98 valence electrons. The Morgan fingerprint density at radius 2 is 2.06 bits per heavy atom. The summed E-state index contributed by atoms with van der Waals surface area (Å²) in [6.07, 6.45) is 1.89. The highest BCUT2D eigenvalue weighted by molar-refractivity contribution is 5.79. The van der Waals surface area contributed by atoms with Gasteiger partial charge in [0, 0.05) is 12.6 Å². The van der Waals surface area contributed by atoms with E-state index in [1.165, 1.54) is 0 Å². The van der Waals surface area contributed by atoms with E-state index in [1.807, 2.05) is 6.92 Å². The van der Waals surface area contributed by atoms with Crippen molar-refractivity contribution >= 4 is 5.91 Å². The van der Waals surface area contributed by atoms with Crippen molar-refractivity contribution in [2.75, 3.05) is 6.54 Å². The Bertz CT molecular complexity index is 275. The molecule has 0 saturated heterocycles. The quantitative estimate of drug-likeness (QED) is 0.742. The maximum Gasteiger partial charge on any atom is 0.224 e. The minimum atomic E-state index is -0.164. The normalized spacial score (nSPS) is 14.8. The number of nitriles is 1. The molecule has 0 radical (unpaired) electrons. The molecular formula is C13H25N3O. The fraction of sp³-hybridized carbons (Fsp3) is 0.846. The molecule has 0 aliphatic heterocycles. The van der Waals surface area contributed by atoms with Gasteiger partial charge < -0.3 is 11.1 Å². The third kappa shape index (κ3) is 6.96. The lowest BCUT2D eigenvalue weighted by Crippen LogP contribution is -2.42. The van der Waals surface area contributed by atoms with E-state index < -0.39 is 0 Å². The molecule has 17 heavy (non-hydrogen) atoms. The summed E-state index contributed by atoms with van der Waals surface area (Å²) in [5.74, 6) is -0.188. The monoisotopic (exact) mass is 239 g/mol. The molecule has 0 rings (SSSR count). The van der Waals surface area contributed by atoms with Gasteiger partial charge in [-0.05, 0) is 18.3 Å². The summed E-state index contributed by atoms with van der Waals surface area (Å²) in [7, 11) is 0. The van der Waals surface area contributed by atoms with Crippen LogP contribution in [0.1, 0.15) is 47.0 Å². The SMILES string of the molecule is CCC(CC#N)NC(=O)C(CN)CC(C)(C)C. The van der Waals surface area contributed by atoms with Crippen molar-refractivity contribution in [3.05, 3.63) is 0 Å². The zero-order chi connectivity index (χ0) is 13.5. The molecule has 0 saturated carbocycles. The number of hydrogen-bond acceptors (Lipinski definition) is 3. The summed E-state index contributed by atoms with van der Waals surface area (Å²) < 4.78 is 0. The van der Waals surface area contributed by atoms with Gasteiger partial charge in [0.25, 0.3) is 0 Å². The molecule has 0 aromatic carbocycles. The maximum absolute atomic E-state index is 12.0. The number of carbonyl (C=O) groups is 1. The summed E-state index contributed by atoms with van der Waals surface area (Å²) in [6.45, 7) is 8.59. The van der Waals surface area contributed by atoms with Crippen LogP contribution in [0.2, 0.25) is 0 Å². The van der Waals surface area contributed by atoms with Gasteiger partial charge in [0.2, 0.25) is 5.91 Å². The minimum Gasteiger partial charge on any atom is -0.352 e. The van der Waals surface area contributed by atoms with Crippen LogP contribution in [0.4, 0.5) is 0 Å². The molecule has 0 spiro atoms. The molecular weight excluding hydrogens is 214 g/mol. The fourth-order valence-electron chi connectivity index (χ4n) is 1.75. The maximum atomic E-state index is 12.0. The van der Waals surface area contributed by atoms with Crippen LogP contribution in [0.15, 0.2) is 0 Å². The average Bonchev–Trinajstić information content (AvgIpc) is 2.23. The fourth-order valence-corrected chi connectivity index (χ4v) is 1.75. The first-order valence-corrected chi connectivity index (χ1v) is 6.21. The van der Waals surface area contributed by atoms with E-state index in [9.17, 15) is 4.79 Å². The third-order valence-corrected chi connectivity index (χ3v) is 2.69. The molecule has 2 unspecified atom stereocenters. The predicted octanol–water partition coefficient (Wildman–Crippen LogP) is 1.81. The molecule has 0 heterocycles. The standard InChI is InChI=1S/C13H25N3O/c1-5-11(6-7-14)16-12(17)10(9-15)8-13(2,3)4/h10-11H,5-6,8-9,15H2,1-4H3,(H,16,17). The van der Waals surface area contributed by atoms with Crippen molar-refractivity contribution in [3.8, 4) is 6.07 Å². The van der Waals surface area contributed by atoms with Gasteiger partial charge in [-0.1, -0.05) is 27.7 Å². The highest BCUT2D eigenvalue weighted by Gasteiger charge is 2.24. The van der Waals surface area contributed by atoms with Gasteiger partial charge in [-0.15, -0.1) is 0 Å². The molecule has 2 atom stereocenters. The van der Waals surface area contributed by atoms with Crippen LogP contribution in [-0.4, -0.2) is 18.5 Å². The Labute approximate surface area is 105 Å². The molecule has 3 N–H and O–H groups in total. The molecule has 0 aromatic heterocycles. The largest absolute Gasteiger partial charge is 0.352 e. The summed E-state index contributed by atoms with van der Waals surface area (Å²) in [5, 5.41) is 11.5. The Morgan fingerprint density at radius 1 is 1.47 bits per heavy atom. The molecule has 0 bridgehead atoms. The molecule has 0 aliphatic rings. The first-order chi connectivity index (χ1) is 7.84. The van der Waals surface area contributed by atoms with Gasteiger partial charge in [0.1, 0.15) is 0 Å². The lowest BCUT2D eigenvalue weighted by molar-refractivity contribution is -0.126. The van der Waals surface area contributed by atoms with Gasteiger partial charge in [-0.25, -0.2) is 0 Å². The van der Waals surface area contributed by atoms with Crippen molar-refractivity contribution in [1.29, 1.82) is 5.26 Å². The molecule has 1 amide bonds. The number of hydrogen-bond donors (Lipinski definition) is 2. The first kappa shape index (κ1) is 15.9. The van der Waals surface area contributed by atoms with E-state index in [2.05, 4.69) is 32.2 Å². The number of nitrogens with two attached hydrogens (primary N) is 1. The number of amides is 1. The number of nitrogens with one attached hydrogen (secondary N) is 1. The van der Waals surface area contributed by atoms with Crippen LogP contribution in [0.25, 0.3) is 0 Å². The predicted molar refractivity (Wildman–Crippen MR) is 69.1 cm³/mol. The average molecular weight is 239 g/mol. The van der Waals surface area contributed by atoms with Crippen LogP contribution in [-0.2, 0) is 4.79 Å². The van der Waals surface area contributed by atoms with Gasteiger partial charge in [-0.2, -0.15) is 5.26 Å². The molecule has 0 aromatic rings. The lowest BCUT2D eigenvalue weighted by Gasteiger charge is -2.25. The van der Waals surface area contributed by atoms with Crippen LogP contribution in [0, 0.1) is 22.7 Å². The van der Waals surface area contributed by atoms with Crippen LogP contribution >= 0.6 is 0 Å². The number of rotatable bonds is 6. The number of carbonyl (C=O) groups excluding carboxylic acids is 1. The Hall–Kier alpha value is -1.08. The molecule has 0 fully saturated rings. The van der Waals surface area contributed by atoms with Crippen molar-refractivity contribution in [3.63, 3.8) is 0 Å². The van der Waals surface area contributed by atoms with Crippen LogP contribution < -0.4 is 11.1 Å². The lowest BCUT2D eigenvalue weighted by atomic mass is 9.84. The summed E-state index contributed by atoms with van der Waals surface area (Å²) in [5.41, 5.74) is 5.73. The van der Waals surface area contributed by atoms with Gasteiger partial charge in [0.05, 0.1) is 18.4 Å². The van der Waals surface area contributed by atoms with E-state index in [0.29, 0.717) is 13.0 Å².